The van der Waals surface area contributed by atoms with Crippen molar-refractivity contribution < 1.29 is 9.84 Å². The molecule has 96 valence electrons. The van der Waals surface area contributed by atoms with Gasteiger partial charge in [0, 0.05) is 13.1 Å². The van der Waals surface area contributed by atoms with Crippen LogP contribution in [0.1, 0.15) is 20.3 Å². The van der Waals surface area contributed by atoms with Crippen LogP contribution in [0.2, 0.25) is 0 Å². The second-order valence-electron chi connectivity index (χ2n) is 3.29. The maximum atomic E-state index is 8.73. The highest BCUT2D eigenvalue weighted by Gasteiger charge is 2.06. The summed E-state index contributed by atoms with van der Waals surface area (Å²) >= 11 is 0. The van der Waals surface area contributed by atoms with E-state index in [2.05, 4.69) is 25.6 Å². The van der Waals surface area contributed by atoms with Crippen molar-refractivity contribution in [2.45, 2.75) is 20.3 Å². The number of ether oxygens (including phenoxy) is 1. The first-order valence-corrected chi connectivity index (χ1v) is 5.77. The van der Waals surface area contributed by atoms with E-state index in [0.29, 0.717) is 31.1 Å². The van der Waals surface area contributed by atoms with Gasteiger partial charge in [0.05, 0.1) is 13.2 Å². The Morgan fingerprint density at radius 3 is 2.41 bits per heavy atom. The van der Waals surface area contributed by atoms with Gasteiger partial charge in [-0.25, -0.2) is 0 Å². The molecule has 1 aromatic rings. The lowest BCUT2D eigenvalue weighted by Gasteiger charge is -2.08. The van der Waals surface area contributed by atoms with Crippen molar-refractivity contribution in [1.29, 1.82) is 0 Å². The third kappa shape index (κ3) is 4.81. The summed E-state index contributed by atoms with van der Waals surface area (Å²) in [5, 5.41) is 14.6. The summed E-state index contributed by atoms with van der Waals surface area (Å²) in [4.78, 5) is 12.3. The Morgan fingerprint density at radius 1 is 1.12 bits per heavy atom. The summed E-state index contributed by atoms with van der Waals surface area (Å²) in [6.07, 6.45) is 0.891. The predicted molar refractivity (Wildman–Crippen MR) is 65.4 cm³/mol. The van der Waals surface area contributed by atoms with Crippen LogP contribution in [-0.2, 0) is 0 Å². The standard InChI is InChI=1S/C10H19N5O2/c1-3-7-17-10-14-8(11-4-2)13-9(15-10)12-5-6-16/h16H,3-7H2,1-2H3,(H2,11,12,13,14,15). The van der Waals surface area contributed by atoms with Gasteiger partial charge in [0.25, 0.3) is 0 Å². The number of aliphatic hydroxyl groups is 1. The lowest BCUT2D eigenvalue weighted by atomic mass is 10.5. The molecule has 3 N–H and O–H groups in total. The highest BCUT2D eigenvalue weighted by Crippen LogP contribution is 2.10. The maximum absolute atomic E-state index is 8.73. The molecule has 0 amide bonds. The SMILES string of the molecule is CCCOc1nc(NCC)nc(NCCO)n1. The van der Waals surface area contributed by atoms with E-state index in [-0.39, 0.29) is 6.61 Å². The fourth-order valence-corrected chi connectivity index (χ4v) is 1.10. The Morgan fingerprint density at radius 2 is 1.82 bits per heavy atom. The second-order valence-corrected chi connectivity index (χ2v) is 3.29. The van der Waals surface area contributed by atoms with E-state index in [0.717, 1.165) is 13.0 Å². The fraction of sp³-hybridized carbons (Fsp3) is 0.700. The minimum absolute atomic E-state index is 0.0212. The van der Waals surface area contributed by atoms with E-state index in [1.165, 1.54) is 0 Å². The van der Waals surface area contributed by atoms with Gasteiger partial charge >= 0.3 is 6.01 Å². The topological polar surface area (TPSA) is 92.2 Å². The Balaban J connectivity index is 2.76. The molecule has 7 heteroatoms. The lowest BCUT2D eigenvalue weighted by Crippen LogP contribution is -2.13. The Labute approximate surface area is 101 Å². The monoisotopic (exact) mass is 241 g/mol. The van der Waals surface area contributed by atoms with Crippen LogP contribution in [-0.4, -0.2) is 46.4 Å². The minimum Gasteiger partial charge on any atom is -0.463 e. The van der Waals surface area contributed by atoms with Gasteiger partial charge in [-0.05, 0) is 13.3 Å². The zero-order valence-corrected chi connectivity index (χ0v) is 10.2. The number of aromatic nitrogens is 3. The molecule has 1 heterocycles. The van der Waals surface area contributed by atoms with Crippen molar-refractivity contribution in [2.24, 2.45) is 0 Å². The van der Waals surface area contributed by atoms with Crippen molar-refractivity contribution >= 4 is 11.9 Å². The number of hydrogen-bond donors (Lipinski definition) is 3. The van der Waals surface area contributed by atoms with Crippen LogP contribution in [0.4, 0.5) is 11.9 Å². The van der Waals surface area contributed by atoms with Crippen LogP contribution in [0, 0.1) is 0 Å². The Kier molecular flexibility index (Phi) is 6.02. The fourth-order valence-electron chi connectivity index (χ4n) is 1.10. The summed E-state index contributed by atoms with van der Waals surface area (Å²) in [5.41, 5.74) is 0. The highest BCUT2D eigenvalue weighted by atomic mass is 16.5. The van der Waals surface area contributed by atoms with Crippen LogP contribution in [0.5, 0.6) is 6.01 Å². The smallest absolute Gasteiger partial charge is 0.323 e. The normalized spacial score (nSPS) is 10.1. The number of hydrogen-bond acceptors (Lipinski definition) is 7. The molecule has 0 aliphatic heterocycles. The number of nitrogens with zero attached hydrogens (tertiary/aromatic N) is 3. The Bertz CT molecular complexity index is 308. The molecule has 0 saturated heterocycles. The molecule has 0 saturated carbocycles. The van der Waals surface area contributed by atoms with Gasteiger partial charge in [0.15, 0.2) is 0 Å². The van der Waals surface area contributed by atoms with Crippen LogP contribution in [0.25, 0.3) is 0 Å². The average Bonchev–Trinajstić information content (AvgIpc) is 2.34. The summed E-state index contributed by atoms with van der Waals surface area (Å²) in [5.74, 6) is 0.866. The van der Waals surface area contributed by atoms with Crippen LogP contribution in [0.15, 0.2) is 0 Å². The van der Waals surface area contributed by atoms with Gasteiger partial charge in [0.1, 0.15) is 0 Å². The molecule has 0 unspecified atom stereocenters. The van der Waals surface area contributed by atoms with E-state index in [4.69, 9.17) is 9.84 Å². The van der Waals surface area contributed by atoms with Crippen molar-refractivity contribution in [3.8, 4) is 6.01 Å². The summed E-state index contributed by atoms with van der Waals surface area (Å²) < 4.78 is 5.36. The van der Waals surface area contributed by atoms with E-state index in [1.54, 1.807) is 0 Å². The molecular weight excluding hydrogens is 222 g/mol. The van der Waals surface area contributed by atoms with Gasteiger partial charge in [-0.1, -0.05) is 6.92 Å². The van der Waals surface area contributed by atoms with Crippen LogP contribution in [0.3, 0.4) is 0 Å². The van der Waals surface area contributed by atoms with Crippen molar-refractivity contribution in [2.75, 3.05) is 36.9 Å². The second kappa shape index (κ2) is 7.61. The molecule has 0 atom stereocenters. The van der Waals surface area contributed by atoms with E-state index < -0.39 is 0 Å². The van der Waals surface area contributed by atoms with Crippen molar-refractivity contribution in [3.05, 3.63) is 0 Å². The lowest BCUT2D eigenvalue weighted by molar-refractivity contribution is 0.291. The molecule has 0 radical (unpaired) electrons. The first-order valence-electron chi connectivity index (χ1n) is 5.77. The Hall–Kier alpha value is -1.63. The molecule has 1 rings (SSSR count). The molecule has 17 heavy (non-hydrogen) atoms. The average molecular weight is 241 g/mol. The zero-order chi connectivity index (χ0) is 12.5. The number of anilines is 2. The number of nitrogens with one attached hydrogen (secondary N) is 2. The first kappa shape index (κ1) is 13.4. The molecule has 0 spiro atoms. The molecule has 0 fully saturated rings. The first-order chi connectivity index (χ1) is 8.30. The highest BCUT2D eigenvalue weighted by molar-refractivity contribution is 5.35. The molecule has 0 aromatic carbocycles. The minimum atomic E-state index is 0.0212. The molecule has 0 aliphatic rings. The summed E-state index contributed by atoms with van der Waals surface area (Å²) in [7, 11) is 0. The van der Waals surface area contributed by atoms with Gasteiger partial charge in [-0.15, -0.1) is 0 Å². The molecule has 0 bridgehead atoms. The van der Waals surface area contributed by atoms with Gasteiger partial charge < -0.3 is 20.5 Å². The third-order valence-electron chi connectivity index (χ3n) is 1.78. The quantitative estimate of drug-likeness (QED) is 0.610. The number of rotatable bonds is 8. The molecule has 7 nitrogen and oxygen atoms in total. The predicted octanol–water partition coefficient (Wildman–Crippen LogP) is 0.496. The van der Waals surface area contributed by atoms with Gasteiger partial charge in [-0.2, -0.15) is 15.0 Å². The molecule has 1 aromatic heterocycles. The summed E-state index contributed by atoms with van der Waals surface area (Å²) in [6, 6.07) is 0.290. The van der Waals surface area contributed by atoms with Crippen LogP contribution >= 0.6 is 0 Å². The van der Waals surface area contributed by atoms with E-state index in [1.807, 2.05) is 13.8 Å². The number of aliphatic hydroxyl groups excluding tert-OH is 1. The molecular formula is C10H19N5O2. The van der Waals surface area contributed by atoms with E-state index >= 15 is 0 Å². The summed E-state index contributed by atoms with van der Waals surface area (Å²) in [6.45, 7) is 5.66. The third-order valence-corrected chi connectivity index (χ3v) is 1.78. The zero-order valence-electron chi connectivity index (χ0n) is 10.2. The maximum Gasteiger partial charge on any atom is 0.323 e. The molecule has 0 aliphatic carbocycles. The van der Waals surface area contributed by atoms with Crippen molar-refractivity contribution in [3.63, 3.8) is 0 Å². The van der Waals surface area contributed by atoms with Gasteiger partial charge in [0.2, 0.25) is 11.9 Å². The van der Waals surface area contributed by atoms with Crippen LogP contribution < -0.4 is 15.4 Å². The van der Waals surface area contributed by atoms with Gasteiger partial charge in [-0.3, -0.25) is 0 Å². The van der Waals surface area contributed by atoms with Crippen molar-refractivity contribution in [1.82, 2.24) is 15.0 Å². The van der Waals surface area contributed by atoms with E-state index in [9.17, 15) is 0 Å². The largest absolute Gasteiger partial charge is 0.463 e.